The molecule has 0 bridgehead atoms. The largest absolute Gasteiger partial charge is 0.454 e. The van der Waals surface area contributed by atoms with Crippen molar-refractivity contribution in [3.63, 3.8) is 0 Å². The molecular weight excluding hydrogens is 1640 g/mol. The maximum atomic E-state index is 9.58. The molecule has 126 heavy (non-hydrogen) atoms. The van der Waals surface area contributed by atoms with Crippen molar-refractivity contribution in [2.75, 3.05) is 0 Å². The van der Waals surface area contributed by atoms with E-state index in [-0.39, 0.29) is 29.6 Å². The Morgan fingerprint density at radius 2 is 0.873 bits per heavy atom. The lowest BCUT2D eigenvalue weighted by atomic mass is 9.33. The van der Waals surface area contributed by atoms with Gasteiger partial charge in [0.1, 0.15) is 28.8 Å². The van der Waals surface area contributed by atoms with Crippen molar-refractivity contribution >= 4 is 244 Å². The fourth-order valence-corrected chi connectivity index (χ4v) is 25.5. The maximum absolute atomic E-state index is 9.58. The summed E-state index contributed by atoms with van der Waals surface area (Å²) in [7, 11) is 0. The van der Waals surface area contributed by atoms with Gasteiger partial charge >= 0.3 is 5.82 Å². The van der Waals surface area contributed by atoms with Crippen molar-refractivity contribution in [3.05, 3.63) is 352 Å². The van der Waals surface area contributed by atoms with Crippen LogP contribution in [0.15, 0.2) is 294 Å². The van der Waals surface area contributed by atoms with Crippen LogP contribution in [0.5, 0.6) is 0 Å². The van der Waals surface area contributed by atoms with Crippen molar-refractivity contribution in [3.8, 4) is 57.1 Å². The fraction of sp³-hybridized carbons (Fsp3) is 0.0556. The molecule has 0 spiro atoms. The van der Waals surface area contributed by atoms with Crippen LogP contribution in [0.25, 0.3) is 202 Å². The van der Waals surface area contributed by atoms with E-state index < -0.39 is 0 Å². The number of thiophene rings is 5. The number of nitriles is 3. The van der Waals surface area contributed by atoms with Crippen molar-refractivity contribution in [2.24, 2.45) is 0 Å². The van der Waals surface area contributed by atoms with Gasteiger partial charge in [0.2, 0.25) is 6.71 Å². The normalized spacial score (nSPS) is 11.7. The minimum Gasteiger partial charge on any atom is -0.454 e. The molecule has 0 N–H and O–H groups in total. The first kappa shape index (κ1) is 75.7. The zero-order chi connectivity index (χ0) is 85.0. The Bertz CT molecular complexity index is 9080. The lowest BCUT2D eigenvalue weighted by Gasteiger charge is -2.27. The first-order valence-corrected chi connectivity index (χ1v) is 45.6. The van der Waals surface area contributed by atoms with E-state index in [1.807, 2.05) is 64.4 Å². The molecule has 0 saturated carbocycles. The van der Waals surface area contributed by atoms with Crippen LogP contribution in [-0.4, -0.2) is 40.3 Å². The molecule has 0 radical (unpaired) electrons. The number of benzene rings is 14. The zero-order valence-electron chi connectivity index (χ0n) is 68.7. The molecular formula is C108H66BN11OS5. The van der Waals surface area contributed by atoms with Gasteiger partial charge in [-0.25, -0.2) is 9.97 Å². The topological polar surface area (TPSA) is 155 Å². The third-order valence-electron chi connectivity index (χ3n) is 24.8. The highest BCUT2D eigenvalue weighted by Crippen LogP contribution is 2.51. The Morgan fingerprint density at radius 3 is 1.47 bits per heavy atom. The van der Waals surface area contributed by atoms with Gasteiger partial charge < -0.3 is 18.4 Å². The number of fused-ring (bicyclic) bond motifs is 24. The molecule has 0 amide bonds. The number of nitrogens with zero attached hydrogens (tertiary/aromatic N) is 11. The lowest BCUT2D eigenvalue weighted by molar-refractivity contribution is 0.671. The van der Waals surface area contributed by atoms with Gasteiger partial charge in [-0.3, -0.25) is 9.55 Å². The second-order valence-electron chi connectivity index (χ2n) is 32.2. The van der Waals surface area contributed by atoms with E-state index in [1.165, 1.54) is 149 Å². The SMILES string of the molecule is Cc1cc(C)c(B(c2c(C)cc(C)cc2C)c2c(-n3c4ccccc4c4ccc5c6ccccc6oc5c43)ccc3ccsc23)c(C)c1.N#Cc1ncc(-c2csc3cccc(-n4c5ccccc5c5ccc6c7ccccc7sc6c54)c23)nc1C#N.[C-]#[N+]c1nc(-c2c(-n3c4ccccc4c4ccc5c6ccccc6sc5c43)sc3ccccc23)cnc1C#N. The molecule has 25 aromatic rings. The number of para-hydroxylation sites is 4. The summed E-state index contributed by atoms with van der Waals surface area (Å²) in [6, 6.07) is 102. The Morgan fingerprint density at radius 1 is 0.389 bits per heavy atom. The van der Waals surface area contributed by atoms with E-state index >= 15 is 0 Å². The Hall–Kier alpha value is -15.2. The second kappa shape index (κ2) is 29.8. The van der Waals surface area contributed by atoms with Gasteiger partial charge in [-0.2, -0.15) is 15.8 Å². The van der Waals surface area contributed by atoms with Gasteiger partial charge in [0.25, 0.3) is 0 Å². The van der Waals surface area contributed by atoms with Crippen LogP contribution in [-0.2, 0) is 0 Å². The molecule has 0 fully saturated rings. The molecule has 0 unspecified atom stereocenters. The van der Waals surface area contributed by atoms with Gasteiger partial charge in [-0.05, 0) is 131 Å². The molecule has 592 valence electrons. The molecule has 0 saturated heterocycles. The molecule has 0 aliphatic carbocycles. The molecule has 11 aromatic heterocycles. The number of rotatable bonds is 8. The van der Waals surface area contributed by atoms with Crippen LogP contribution in [0.2, 0.25) is 0 Å². The zero-order valence-corrected chi connectivity index (χ0v) is 72.7. The maximum Gasteiger partial charge on any atom is 0.306 e. The van der Waals surface area contributed by atoms with Gasteiger partial charge in [0.05, 0.1) is 71.8 Å². The van der Waals surface area contributed by atoms with Crippen LogP contribution in [0.4, 0.5) is 5.82 Å². The van der Waals surface area contributed by atoms with E-state index in [4.69, 9.17) is 11.0 Å². The quantitative estimate of drug-likeness (QED) is 0.108. The average Bonchev–Trinajstić information content (AvgIpc) is 1.56. The number of hydrogen-bond acceptors (Lipinski definition) is 13. The summed E-state index contributed by atoms with van der Waals surface area (Å²) in [4.78, 5) is 21.2. The van der Waals surface area contributed by atoms with Gasteiger partial charge in [0.15, 0.2) is 28.4 Å². The van der Waals surface area contributed by atoms with E-state index in [0.717, 1.165) is 86.0 Å². The molecule has 0 atom stereocenters. The van der Waals surface area contributed by atoms with Crippen LogP contribution >= 0.6 is 56.7 Å². The Labute approximate surface area is 742 Å². The summed E-state index contributed by atoms with van der Waals surface area (Å²) in [6.45, 7) is 21.2. The first-order chi connectivity index (χ1) is 61.8. The predicted molar refractivity (Wildman–Crippen MR) is 530 cm³/mol. The molecule has 25 rings (SSSR count). The minimum absolute atomic E-state index is 0.0188. The Balaban J connectivity index is 0.000000109. The number of aryl methyl sites for hydroxylation is 6. The predicted octanol–water partition coefficient (Wildman–Crippen LogP) is 28.1. The summed E-state index contributed by atoms with van der Waals surface area (Å²) in [5.74, 6) is 0.0188. The molecule has 12 nitrogen and oxygen atoms in total. The van der Waals surface area contributed by atoms with Crippen LogP contribution in [0.1, 0.15) is 50.5 Å². The van der Waals surface area contributed by atoms with Crippen molar-refractivity contribution in [2.45, 2.75) is 41.5 Å². The highest BCUT2D eigenvalue weighted by Gasteiger charge is 2.35. The van der Waals surface area contributed by atoms with Crippen molar-refractivity contribution < 1.29 is 4.42 Å². The Kier molecular flexibility index (Phi) is 17.9. The monoisotopic (exact) mass is 1700 g/mol. The highest BCUT2D eigenvalue weighted by molar-refractivity contribution is 7.27. The summed E-state index contributed by atoms with van der Waals surface area (Å²) < 4.78 is 22.6. The number of furan rings is 1. The van der Waals surface area contributed by atoms with Gasteiger partial charge in [0, 0.05) is 116 Å². The third kappa shape index (κ3) is 11.7. The summed E-state index contributed by atoms with van der Waals surface area (Å²) >= 11 is 8.83. The molecule has 18 heteroatoms. The van der Waals surface area contributed by atoms with E-state index in [2.05, 4.69) is 346 Å². The fourth-order valence-electron chi connectivity index (χ4n) is 19.9. The second-order valence-corrected chi connectivity index (χ2v) is 37.1. The number of hydrogen-bond donors (Lipinski definition) is 0. The average molecular weight is 1700 g/mol. The smallest absolute Gasteiger partial charge is 0.306 e. The minimum atomic E-state index is 0.0188. The van der Waals surface area contributed by atoms with E-state index in [0.29, 0.717) is 11.4 Å². The van der Waals surface area contributed by atoms with E-state index in [9.17, 15) is 15.8 Å². The molecule has 0 aliphatic heterocycles. The number of aromatic nitrogens is 7. The first-order valence-electron chi connectivity index (χ1n) is 41.3. The van der Waals surface area contributed by atoms with Gasteiger partial charge in [-0.15, -0.1) is 61.7 Å². The van der Waals surface area contributed by atoms with Crippen LogP contribution in [0, 0.1) is 82.1 Å². The molecule has 11 heterocycles. The third-order valence-corrected chi connectivity index (χ3v) is 30.3. The van der Waals surface area contributed by atoms with E-state index in [1.54, 1.807) is 35.1 Å². The standard InChI is InChI=1S/C44H36BNOS.2C32H15N5S2/c1-25-21-27(3)39(28(4)22-25)45(40-29(5)23-26(2)24-30(40)6)41-37(18-15-31-19-20-48-44(31)41)46-36-13-9-7-11-32(36)34-16-17-35-33-12-8-10-14-38(33)47-43(35)42(34)46;1-34-31-23(16-33)35-17-24(36-31)28-22-10-4-7-13-27(22)39-32(28)37-25-11-5-2-8-18(25)20-14-15-21-19-9-3-6-12-26(19)38-30(21)29(20)37;33-14-23-24(15-34)36-25(16-35-23)22-17-38-29-11-5-9-27(30(22)29)37-26-8-3-1-6-18(26)20-12-13-21-19-7-2-4-10-28(19)39-32(21)31(20)37/h7-24H,1-6H3;2-15,17H;1-13,16-17H. The van der Waals surface area contributed by atoms with Crippen molar-refractivity contribution in [1.82, 2.24) is 33.6 Å². The van der Waals surface area contributed by atoms with Crippen molar-refractivity contribution in [1.29, 1.82) is 15.8 Å². The summed E-state index contributed by atoms with van der Waals surface area (Å²) in [5, 5.41) is 51.6. The van der Waals surface area contributed by atoms with Crippen LogP contribution < -0.4 is 16.4 Å². The summed E-state index contributed by atoms with van der Waals surface area (Å²) in [6.07, 6.45) is 3.21. The summed E-state index contributed by atoms with van der Waals surface area (Å²) in [5.41, 5.74) is 26.2. The molecule has 14 aromatic carbocycles. The molecule has 0 aliphatic rings. The van der Waals surface area contributed by atoms with Gasteiger partial charge in [-0.1, -0.05) is 245 Å². The lowest BCUT2D eigenvalue weighted by Crippen LogP contribution is -2.57. The highest BCUT2D eigenvalue weighted by atomic mass is 32.1. The van der Waals surface area contributed by atoms with Crippen LogP contribution in [0.3, 0.4) is 0 Å².